The van der Waals surface area contributed by atoms with Crippen LogP contribution in [-0.2, 0) is 19.9 Å². The molecule has 3 amide bonds. The minimum atomic E-state index is -1.41. The quantitative estimate of drug-likeness (QED) is 0.485. The van der Waals surface area contributed by atoms with E-state index in [9.17, 15) is 14.4 Å². The van der Waals surface area contributed by atoms with Crippen LogP contribution in [0.3, 0.4) is 0 Å². The monoisotopic (exact) mass is 475 g/mol. The molecule has 0 bridgehead atoms. The lowest BCUT2D eigenvalue weighted by molar-refractivity contribution is -0.131. The molecule has 9 heteroatoms. The summed E-state index contributed by atoms with van der Waals surface area (Å²) in [6, 6.07) is 14.1. The number of para-hydroxylation sites is 1. The van der Waals surface area contributed by atoms with E-state index in [2.05, 4.69) is 15.5 Å². The number of amides is 3. The van der Waals surface area contributed by atoms with Gasteiger partial charge in [-0.1, -0.05) is 36.2 Å². The van der Waals surface area contributed by atoms with Crippen LogP contribution in [0.1, 0.15) is 49.8 Å². The van der Waals surface area contributed by atoms with Gasteiger partial charge in [0.2, 0.25) is 17.7 Å². The Bertz CT molecular complexity index is 1170. The fourth-order valence-electron chi connectivity index (χ4n) is 5.03. The average Bonchev–Trinajstić information content (AvgIpc) is 3.54. The van der Waals surface area contributed by atoms with Crippen LogP contribution >= 0.6 is 0 Å². The maximum Gasteiger partial charge on any atom is 0.248 e. The number of rotatable bonds is 9. The number of nitrogens with zero attached hydrogens (tertiary/aromatic N) is 3. The number of nitrogens with two attached hydrogens (primary N) is 1. The van der Waals surface area contributed by atoms with E-state index in [0.717, 1.165) is 25.7 Å². The van der Waals surface area contributed by atoms with E-state index in [0.29, 0.717) is 17.0 Å². The number of pyridine rings is 1. The first-order valence-corrected chi connectivity index (χ1v) is 11.7. The number of benzene rings is 1. The molecular formula is C26H29N5O4. The van der Waals surface area contributed by atoms with Gasteiger partial charge in [-0.3, -0.25) is 24.3 Å². The topological polar surface area (TPSA) is 131 Å². The van der Waals surface area contributed by atoms with Crippen LogP contribution in [0.15, 0.2) is 65.4 Å². The van der Waals surface area contributed by atoms with E-state index in [1.54, 1.807) is 49.6 Å². The zero-order chi connectivity index (χ0) is 24.8. The molecule has 182 valence electrons. The van der Waals surface area contributed by atoms with Crippen molar-refractivity contribution in [2.75, 3.05) is 10.2 Å². The molecule has 1 unspecified atom stereocenters. The molecule has 3 aromatic rings. The van der Waals surface area contributed by atoms with Crippen molar-refractivity contribution in [3.8, 4) is 0 Å². The van der Waals surface area contributed by atoms with Crippen LogP contribution in [0, 0.1) is 12.8 Å². The lowest BCUT2D eigenvalue weighted by Gasteiger charge is -2.46. The minimum absolute atomic E-state index is 0.0933. The summed E-state index contributed by atoms with van der Waals surface area (Å²) in [5, 5.41) is 6.38. The Kier molecular flexibility index (Phi) is 7.24. The first-order chi connectivity index (χ1) is 16.9. The highest BCUT2D eigenvalue weighted by atomic mass is 16.5. The minimum Gasteiger partial charge on any atom is -0.367 e. The third kappa shape index (κ3) is 4.94. The first-order valence-electron chi connectivity index (χ1n) is 11.7. The van der Waals surface area contributed by atoms with E-state index >= 15 is 0 Å². The number of anilines is 2. The van der Waals surface area contributed by atoms with Crippen LogP contribution in [0.5, 0.6) is 0 Å². The number of carbonyl (C=O) groups excluding carboxylic acids is 3. The van der Waals surface area contributed by atoms with E-state index in [1.807, 2.05) is 18.2 Å². The van der Waals surface area contributed by atoms with E-state index in [-0.39, 0.29) is 36.4 Å². The van der Waals surface area contributed by atoms with Gasteiger partial charge in [0.1, 0.15) is 5.76 Å². The molecule has 3 N–H and O–H groups in total. The summed E-state index contributed by atoms with van der Waals surface area (Å²) in [6.07, 6.45) is 6.39. The molecular weight excluding hydrogens is 446 g/mol. The molecule has 0 aliphatic heterocycles. The van der Waals surface area contributed by atoms with Gasteiger partial charge >= 0.3 is 0 Å². The Morgan fingerprint density at radius 1 is 1.09 bits per heavy atom. The smallest absolute Gasteiger partial charge is 0.248 e. The second kappa shape index (κ2) is 10.5. The molecule has 1 aliphatic carbocycles. The van der Waals surface area contributed by atoms with Gasteiger partial charge in [0.15, 0.2) is 11.4 Å². The molecule has 2 aromatic heterocycles. The molecule has 4 rings (SSSR count). The second-order valence-corrected chi connectivity index (χ2v) is 8.78. The lowest BCUT2D eigenvalue weighted by Crippen LogP contribution is -2.61. The summed E-state index contributed by atoms with van der Waals surface area (Å²) >= 11 is 0. The Morgan fingerprint density at radius 2 is 1.77 bits per heavy atom. The highest BCUT2D eigenvalue weighted by Gasteiger charge is 2.53. The zero-order valence-electron chi connectivity index (χ0n) is 19.6. The van der Waals surface area contributed by atoms with Crippen molar-refractivity contribution in [2.24, 2.45) is 11.7 Å². The van der Waals surface area contributed by atoms with Gasteiger partial charge in [-0.25, -0.2) is 0 Å². The Balaban J connectivity index is 1.71. The van der Waals surface area contributed by atoms with Gasteiger partial charge in [0.25, 0.3) is 0 Å². The van der Waals surface area contributed by atoms with E-state index < -0.39 is 11.4 Å². The van der Waals surface area contributed by atoms with Gasteiger partial charge in [-0.2, -0.15) is 0 Å². The summed E-state index contributed by atoms with van der Waals surface area (Å²) in [5.74, 6) is -0.672. The predicted octanol–water partition coefficient (Wildman–Crippen LogP) is 3.70. The normalized spacial score (nSPS) is 15.3. The molecule has 1 atom stereocenters. The number of hydrogen-bond donors (Lipinski definition) is 2. The molecule has 1 aliphatic rings. The van der Waals surface area contributed by atoms with Crippen LogP contribution in [0.25, 0.3) is 0 Å². The SMILES string of the molecule is Cc1cc(NC(=O)CCC(=O)N(c2ccccc2)C(C(N)=O)(c2ccncc2)C2CCCC2)no1. The summed E-state index contributed by atoms with van der Waals surface area (Å²) in [7, 11) is 0. The molecule has 1 saturated carbocycles. The Labute approximate surface area is 203 Å². The number of nitrogens with one attached hydrogen (secondary N) is 1. The summed E-state index contributed by atoms with van der Waals surface area (Å²) in [4.78, 5) is 45.4. The van der Waals surface area contributed by atoms with Crippen molar-refractivity contribution in [2.45, 2.75) is 51.0 Å². The molecule has 35 heavy (non-hydrogen) atoms. The van der Waals surface area contributed by atoms with Gasteiger partial charge < -0.3 is 15.6 Å². The predicted molar refractivity (Wildman–Crippen MR) is 130 cm³/mol. The van der Waals surface area contributed by atoms with Crippen molar-refractivity contribution in [3.05, 3.63) is 72.2 Å². The van der Waals surface area contributed by atoms with Gasteiger partial charge in [0, 0.05) is 37.0 Å². The second-order valence-electron chi connectivity index (χ2n) is 8.78. The third-order valence-corrected chi connectivity index (χ3v) is 6.52. The van der Waals surface area contributed by atoms with Gasteiger partial charge in [0.05, 0.1) is 0 Å². The Morgan fingerprint density at radius 3 is 2.37 bits per heavy atom. The van der Waals surface area contributed by atoms with Gasteiger partial charge in [-0.15, -0.1) is 0 Å². The van der Waals surface area contributed by atoms with Crippen molar-refractivity contribution in [1.82, 2.24) is 10.1 Å². The third-order valence-electron chi connectivity index (χ3n) is 6.52. The highest BCUT2D eigenvalue weighted by molar-refractivity contribution is 6.05. The van der Waals surface area contributed by atoms with Crippen molar-refractivity contribution in [1.29, 1.82) is 0 Å². The van der Waals surface area contributed by atoms with Crippen LogP contribution < -0.4 is 16.0 Å². The largest absolute Gasteiger partial charge is 0.367 e. The zero-order valence-corrected chi connectivity index (χ0v) is 19.6. The summed E-state index contributed by atoms with van der Waals surface area (Å²) in [6.45, 7) is 1.72. The highest BCUT2D eigenvalue weighted by Crippen LogP contribution is 2.46. The maximum atomic E-state index is 13.9. The standard InChI is InChI=1S/C26H29N5O4/c1-18-17-22(30-35-18)29-23(32)11-12-24(33)31(21-9-3-2-4-10-21)26(25(27)34,19-7-5-6-8-19)20-13-15-28-16-14-20/h2-4,9-10,13-17,19H,5-8,11-12H2,1H3,(H2,27,34)(H,29,30,32). The first kappa shape index (κ1) is 24.1. The fourth-order valence-corrected chi connectivity index (χ4v) is 5.03. The van der Waals surface area contributed by atoms with Crippen molar-refractivity contribution < 1.29 is 18.9 Å². The van der Waals surface area contributed by atoms with Crippen molar-refractivity contribution in [3.63, 3.8) is 0 Å². The van der Waals surface area contributed by atoms with Crippen LogP contribution in [0.2, 0.25) is 0 Å². The number of aryl methyl sites for hydroxylation is 1. The molecule has 0 saturated heterocycles. The van der Waals surface area contributed by atoms with Crippen LogP contribution in [0.4, 0.5) is 11.5 Å². The number of primary amides is 1. The van der Waals surface area contributed by atoms with Gasteiger partial charge in [-0.05, 0) is 55.5 Å². The molecule has 1 fully saturated rings. The lowest BCUT2D eigenvalue weighted by atomic mass is 9.74. The summed E-state index contributed by atoms with van der Waals surface area (Å²) in [5.41, 5.74) is 5.93. The van der Waals surface area contributed by atoms with Crippen molar-refractivity contribution >= 4 is 29.2 Å². The summed E-state index contributed by atoms with van der Waals surface area (Å²) < 4.78 is 4.97. The Hall–Kier alpha value is -4.01. The van der Waals surface area contributed by atoms with E-state index in [4.69, 9.17) is 10.3 Å². The number of carbonyl (C=O) groups is 3. The molecule has 2 heterocycles. The molecule has 9 nitrogen and oxygen atoms in total. The number of hydrogen-bond acceptors (Lipinski definition) is 6. The van der Waals surface area contributed by atoms with E-state index in [1.165, 1.54) is 4.90 Å². The molecule has 0 radical (unpaired) electrons. The number of aromatic nitrogens is 2. The maximum absolute atomic E-state index is 13.9. The molecule has 0 spiro atoms. The molecule has 1 aromatic carbocycles. The fraction of sp³-hybridized carbons (Fsp3) is 0.346. The average molecular weight is 476 g/mol. The van der Waals surface area contributed by atoms with Crippen LogP contribution in [-0.4, -0.2) is 27.9 Å².